The van der Waals surface area contributed by atoms with Crippen LogP contribution >= 0.6 is 0 Å². The Morgan fingerprint density at radius 3 is 2.38 bits per heavy atom. The number of carbonyl (C=O) groups excluding carboxylic acids is 1. The Bertz CT molecular complexity index is 818. The van der Waals surface area contributed by atoms with Crippen molar-refractivity contribution in [1.29, 1.82) is 0 Å². The lowest BCUT2D eigenvalue weighted by Crippen LogP contribution is -2.38. The zero-order valence-electron chi connectivity index (χ0n) is 17.9. The zero-order chi connectivity index (χ0) is 21.1. The zero-order valence-corrected chi connectivity index (χ0v) is 17.9. The van der Waals surface area contributed by atoms with Gasteiger partial charge in [-0.05, 0) is 54.7 Å². The SMILES string of the molecule is CN=C(NCCCc1cccc(OC)c1)NCCc1cccc(C(=O)N(C)C)c1. The van der Waals surface area contributed by atoms with Crippen LogP contribution in [0.15, 0.2) is 53.5 Å². The summed E-state index contributed by atoms with van der Waals surface area (Å²) < 4.78 is 5.26. The van der Waals surface area contributed by atoms with Gasteiger partial charge in [0.1, 0.15) is 5.75 Å². The number of benzene rings is 2. The number of guanidine groups is 1. The molecule has 0 aliphatic rings. The first-order valence-corrected chi connectivity index (χ1v) is 9.91. The first-order chi connectivity index (χ1) is 14.0. The van der Waals surface area contributed by atoms with Crippen LogP contribution in [-0.2, 0) is 12.8 Å². The summed E-state index contributed by atoms with van der Waals surface area (Å²) in [7, 11) is 6.99. The molecule has 0 aliphatic carbocycles. The Balaban J connectivity index is 1.72. The maximum absolute atomic E-state index is 12.1. The van der Waals surface area contributed by atoms with Crippen LogP contribution in [0.4, 0.5) is 0 Å². The second kappa shape index (κ2) is 11.7. The molecule has 1 amide bonds. The van der Waals surface area contributed by atoms with Crippen molar-refractivity contribution in [3.05, 3.63) is 65.2 Å². The lowest BCUT2D eigenvalue weighted by Gasteiger charge is -2.13. The molecule has 6 heteroatoms. The standard InChI is InChI=1S/C23H32N4O2/c1-24-23(25-14-7-10-18-9-6-12-21(17-18)29-4)26-15-13-19-8-5-11-20(16-19)22(28)27(2)3/h5-6,8-9,11-12,16-17H,7,10,13-15H2,1-4H3,(H2,24,25,26). The summed E-state index contributed by atoms with van der Waals surface area (Å²) >= 11 is 0. The van der Waals surface area contributed by atoms with E-state index in [4.69, 9.17) is 4.74 Å². The van der Waals surface area contributed by atoms with E-state index in [9.17, 15) is 4.79 Å². The van der Waals surface area contributed by atoms with Gasteiger partial charge in [-0.25, -0.2) is 0 Å². The first-order valence-electron chi connectivity index (χ1n) is 9.91. The number of hydrogen-bond acceptors (Lipinski definition) is 3. The number of nitrogens with one attached hydrogen (secondary N) is 2. The molecule has 2 aromatic rings. The summed E-state index contributed by atoms with van der Waals surface area (Å²) in [4.78, 5) is 17.9. The molecule has 0 bridgehead atoms. The highest BCUT2D eigenvalue weighted by molar-refractivity contribution is 5.94. The van der Waals surface area contributed by atoms with Crippen molar-refractivity contribution in [2.75, 3.05) is 41.3 Å². The van der Waals surface area contributed by atoms with Crippen LogP contribution in [0.1, 0.15) is 27.9 Å². The highest BCUT2D eigenvalue weighted by atomic mass is 16.5. The van der Waals surface area contributed by atoms with E-state index in [2.05, 4.69) is 27.8 Å². The summed E-state index contributed by atoms with van der Waals surface area (Å²) in [5.41, 5.74) is 3.10. The molecule has 2 rings (SSSR count). The summed E-state index contributed by atoms with van der Waals surface area (Å²) in [6, 6.07) is 15.9. The van der Waals surface area contributed by atoms with Gasteiger partial charge in [-0.15, -0.1) is 0 Å². The molecule has 0 unspecified atom stereocenters. The Morgan fingerprint density at radius 2 is 1.69 bits per heavy atom. The lowest BCUT2D eigenvalue weighted by molar-refractivity contribution is 0.0827. The number of aliphatic imine (C=N–C) groups is 1. The molecule has 2 N–H and O–H groups in total. The third kappa shape index (κ3) is 7.49. The second-order valence-corrected chi connectivity index (χ2v) is 7.03. The van der Waals surface area contributed by atoms with Gasteiger partial charge in [-0.3, -0.25) is 9.79 Å². The predicted octanol–water partition coefficient (Wildman–Crippen LogP) is 2.74. The smallest absolute Gasteiger partial charge is 0.253 e. The maximum atomic E-state index is 12.1. The third-order valence-corrected chi connectivity index (χ3v) is 4.58. The molecule has 0 saturated carbocycles. The molecule has 0 aliphatic heterocycles. The Morgan fingerprint density at radius 1 is 1.00 bits per heavy atom. The normalized spacial score (nSPS) is 11.1. The number of carbonyl (C=O) groups is 1. The minimum absolute atomic E-state index is 0.0216. The van der Waals surface area contributed by atoms with Gasteiger partial charge in [0.15, 0.2) is 5.96 Å². The van der Waals surface area contributed by atoms with Gasteiger partial charge in [-0.1, -0.05) is 24.3 Å². The summed E-state index contributed by atoms with van der Waals surface area (Å²) in [6.45, 7) is 1.58. The molecule has 0 fully saturated rings. The van der Waals surface area contributed by atoms with Crippen molar-refractivity contribution >= 4 is 11.9 Å². The van der Waals surface area contributed by atoms with E-state index < -0.39 is 0 Å². The van der Waals surface area contributed by atoms with E-state index in [1.54, 1.807) is 33.2 Å². The van der Waals surface area contributed by atoms with Crippen LogP contribution in [0, 0.1) is 0 Å². The van der Waals surface area contributed by atoms with Crippen LogP contribution in [0.25, 0.3) is 0 Å². The first kappa shape index (κ1) is 22.3. The molecule has 6 nitrogen and oxygen atoms in total. The number of nitrogens with zero attached hydrogens (tertiary/aromatic N) is 2. The largest absolute Gasteiger partial charge is 0.497 e. The van der Waals surface area contributed by atoms with Gasteiger partial charge in [0.25, 0.3) is 5.91 Å². The maximum Gasteiger partial charge on any atom is 0.253 e. The Hall–Kier alpha value is -3.02. The highest BCUT2D eigenvalue weighted by Crippen LogP contribution is 2.13. The van der Waals surface area contributed by atoms with Crippen LogP contribution < -0.4 is 15.4 Å². The van der Waals surface area contributed by atoms with Crippen molar-refractivity contribution in [1.82, 2.24) is 15.5 Å². The molecule has 0 aromatic heterocycles. The van der Waals surface area contributed by atoms with Crippen LogP contribution in [0.5, 0.6) is 5.75 Å². The molecule has 0 radical (unpaired) electrons. The van der Waals surface area contributed by atoms with E-state index in [-0.39, 0.29) is 5.91 Å². The van der Waals surface area contributed by atoms with Gasteiger partial charge in [0.2, 0.25) is 0 Å². The topological polar surface area (TPSA) is 66.0 Å². The molecular formula is C23H32N4O2. The van der Waals surface area contributed by atoms with Crippen LogP contribution in [0.2, 0.25) is 0 Å². The number of aryl methyl sites for hydroxylation is 1. The van der Waals surface area contributed by atoms with Crippen LogP contribution in [0.3, 0.4) is 0 Å². The third-order valence-electron chi connectivity index (χ3n) is 4.58. The average Bonchev–Trinajstić information content (AvgIpc) is 2.75. The summed E-state index contributed by atoms with van der Waals surface area (Å²) in [5, 5.41) is 6.68. The second-order valence-electron chi connectivity index (χ2n) is 7.03. The van der Waals surface area contributed by atoms with E-state index in [1.807, 2.05) is 36.4 Å². The van der Waals surface area contributed by atoms with E-state index in [0.717, 1.165) is 49.6 Å². The summed E-state index contributed by atoms with van der Waals surface area (Å²) in [6.07, 6.45) is 2.80. The molecular weight excluding hydrogens is 364 g/mol. The van der Waals surface area contributed by atoms with Crippen molar-refractivity contribution in [2.24, 2.45) is 4.99 Å². The lowest BCUT2D eigenvalue weighted by atomic mass is 10.1. The molecule has 0 heterocycles. The summed E-state index contributed by atoms with van der Waals surface area (Å²) in [5.74, 6) is 1.70. The molecule has 0 atom stereocenters. The number of hydrogen-bond donors (Lipinski definition) is 2. The average molecular weight is 397 g/mol. The number of rotatable bonds is 9. The van der Waals surface area contributed by atoms with Gasteiger partial charge in [0.05, 0.1) is 7.11 Å². The molecule has 2 aromatic carbocycles. The van der Waals surface area contributed by atoms with E-state index in [1.165, 1.54) is 5.56 Å². The molecule has 0 spiro atoms. The van der Waals surface area contributed by atoms with Gasteiger partial charge in [0, 0.05) is 39.8 Å². The van der Waals surface area contributed by atoms with Crippen molar-refractivity contribution in [2.45, 2.75) is 19.3 Å². The number of methoxy groups -OCH3 is 1. The van der Waals surface area contributed by atoms with Gasteiger partial charge >= 0.3 is 0 Å². The van der Waals surface area contributed by atoms with E-state index in [0.29, 0.717) is 5.56 Å². The molecule has 0 saturated heterocycles. The predicted molar refractivity (Wildman–Crippen MR) is 119 cm³/mol. The monoisotopic (exact) mass is 396 g/mol. The van der Waals surface area contributed by atoms with Crippen molar-refractivity contribution < 1.29 is 9.53 Å². The Kier molecular flexibility index (Phi) is 9.02. The minimum atomic E-state index is 0.0216. The van der Waals surface area contributed by atoms with Crippen molar-refractivity contribution in [3.8, 4) is 5.75 Å². The molecule has 29 heavy (non-hydrogen) atoms. The molecule has 156 valence electrons. The van der Waals surface area contributed by atoms with Crippen LogP contribution in [-0.4, -0.2) is 58.1 Å². The number of amides is 1. The fourth-order valence-electron chi connectivity index (χ4n) is 2.99. The fraction of sp³-hybridized carbons (Fsp3) is 0.391. The van der Waals surface area contributed by atoms with Crippen molar-refractivity contribution in [3.63, 3.8) is 0 Å². The highest BCUT2D eigenvalue weighted by Gasteiger charge is 2.08. The minimum Gasteiger partial charge on any atom is -0.497 e. The quantitative estimate of drug-likeness (QED) is 0.389. The van der Waals surface area contributed by atoms with Gasteiger partial charge < -0.3 is 20.3 Å². The van der Waals surface area contributed by atoms with Gasteiger partial charge in [-0.2, -0.15) is 0 Å². The fourth-order valence-corrected chi connectivity index (χ4v) is 2.99. The van der Waals surface area contributed by atoms with E-state index >= 15 is 0 Å². The Labute approximate surface area is 174 Å². The number of ether oxygens (including phenoxy) is 1.